The van der Waals surface area contributed by atoms with Crippen molar-refractivity contribution in [2.75, 3.05) is 5.32 Å². The zero-order valence-corrected chi connectivity index (χ0v) is 15.0. The van der Waals surface area contributed by atoms with E-state index in [0.717, 1.165) is 24.3 Å². The van der Waals surface area contributed by atoms with Crippen LogP contribution in [0.5, 0.6) is 5.88 Å². The van der Waals surface area contributed by atoms with Crippen molar-refractivity contribution in [3.63, 3.8) is 0 Å². The Morgan fingerprint density at radius 1 is 0.957 bits per heavy atom. The number of benzene rings is 1. The van der Waals surface area contributed by atoms with Crippen molar-refractivity contribution in [3.8, 4) is 5.88 Å². The van der Waals surface area contributed by atoms with Gasteiger partial charge in [0.1, 0.15) is 11.6 Å². The van der Waals surface area contributed by atoms with Crippen LogP contribution < -0.4 is 10.1 Å². The van der Waals surface area contributed by atoms with E-state index in [1.165, 1.54) is 16.7 Å². The molecule has 0 amide bonds. The smallest absolute Gasteiger partial charge is 0.219 e. The first kappa shape index (κ1) is 17.3. The Bertz CT molecular complexity index is 655. The predicted molar refractivity (Wildman–Crippen MR) is 95.7 cm³/mol. The van der Waals surface area contributed by atoms with Crippen LogP contribution in [0.4, 0.5) is 11.5 Å². The average molecular weight is 313 g/mol. The van der Waals surface area contributed by atoms with E-state index in [4.69, 9.17) is 4.74 Å². The molecule has 0 fully saturated rings. The molecular weight excluding hydrogens is 286 g/mol. The fourth-order valence-electron chi connectivity index (χ4n) is 2.80. The lowest BCUT2D eigenvalue weighted by molar-refractivity contribution is 0.184. The lowest BCUT2D eigenvalue weighted by Crippen LogP contribution is -2.15. The molecule has 4 nitrogen and oxygen atoms in total. The van der Waals surface area contributed by atoms with Crippen molar-refractivity contribution < 1.29 is 4.74 Å². The zero-order valence-electron chi connectivity index (χ0n) is 15.0. The van der Waals surface area contributed by atoms with Crippen molar-refractivity contribution >= 4 is 11.5 Å². The number of nitrogens with one attached hydrogen (secondary N) is 1. The molecule has 23 heavy (non-hydrogen) atoms. The first-order valence-corrected chi connectivity index (χ1v) is 8.30. The molecule has 1 aromatic heterocycles. The van der Waals surface area contributed by atoms with Gasteiger partial charge in [-0.25, -0.2) is 4.98 Å². The van der Waals surface area contributed by atoms with Gasteiger partial charge in [0.2, 0.25) is 5.88 Å². The van der Waals surface area contributed by atoms with Gasteiger partial charge in [-0.1, -0.05) is 31.5 Å². The highest BCUT2D eigenvalue weighted by atomic mass is 16.5. The maximum Gasteiger partial charge on any atom is 0.219 e. The molecule has 4 heteroatoms. The normalized spacial score (nSPS) is 10.9. The third-order valence-electron chi connectivity index (χ3n) is 3.94. The van der Waals surface area contributed by atoms with E-state index < -0.39 is 0 Å². The number of aromatic nitrogens is 2. The number of hydrogen-bond donors (Lipinski definition) is 1. The van der Waals surface area contributed by atoms with Crippen LogP contribution in [-0.4, -0.2) is 16.1 Å². The lowest BCUT2D eigenvalue weighted by atomic mass is 10.1. The van der Waals surface area contributed by atoms with Gasteiger partial charge in [-0.2, -0.15) is 4.98 Å². The Morgan fingerprint density at radius 3 is 2.13 bits per heavy atom. The topological polar surface area (TPSA) is 47.0 Å². The second-order valence-corrected chi connectivity index (χ2v) is 6.09. The highest BCUT2D eigenvalue weighted by Gasteiger charge is 2.11. The molecule has 1 N–H and O–H groups in total. The van der Waals surface area contributed by atoms with E-state index >= 15 is 0 Å². The van der Waals surface area contributed by atoms with Crippen LogP contribution in [0.2, 0.25) is 0 Å². The van der Waals surface area contributed by atoms with E-state index in [1.54, 1.807) is 0 Å². The van der Waals surface area contributed by atoms with Crippen LogP contribution >= 0.6 is 0 Å². The molecule has 0 saturated heterocycles. The van der Waals surface area contributed by atoms with Crippen LogP contribution in [0.15, 0.2) is 18.2 Å². The summed E-state index contributed by atoms with van der Waals surface area (Å²) in [5, 5.41) is 3.43. The highest BCUT2D eigenvalue weighted by molar-refractivity contribution is 5.65. The second-order valence-electron chi connectivity index (χ2n) is 6.09. The molecule has 2 rings (SSSR count). The van der Waals surface area contributed by atoms with Gasteiger partial charge in [0.25, 0.3) is 0 Å². The molecule has 1 heterocycles. The molecule has 0 atom stereocenters. The van der Waals surface area contributed by atoms with Gasteiger partial charge >= 0.3 is 0 Å². The summed E-state index contributed by atoms with van der Waals surface area (Å²) in [4.78, 5) is 8.89. The number of hydrogen-bond acceptors (Lipinski definition) is 4. The number of nitrogens with zero attached hydrogens (tertiary/aromatic N) is 2. The van der Waals surface area contributed by atoms with Crippen LogP contribution in [0, 0.1) is 27.7 Å². The largest absolute Gasteiger partial charge is 0.474 e. The van der Waals surface area contributed by atoms with Gasteiger partial charge in [0.05, 0.1) is 6.10 Å². The molecule has 0 aliphatic carbocycles. The van der Waals surface area contributed by atoms with E-state index in [9.17, 15) is 0 Å². The number of ether oxygens (including phenoxy) is 1. The standard InChI is InChI=1S/C19H27N3O/c1-7-16(8-2)23-18-11-17(20-15(6)21-18)22-19-13(4)9-12(3)10-14(19)5/h9-11,16H,7-8H2,1-6H3,(H,20,21,22). The van der Waals surface area contributed by atoms with Crippen LogP contribution in [0.3, 0.4) is 0 Å². The van der Waals surface area contributed by atoms with Gasteiger partial charge in [0, 0.05) is 11.8 Å². The summed E-state index contributed by atoms with van der Waals surface area (Å²) >= 11 is 0. The summed E-state index contributed by atoms with van der Waals surface area (Å²) in [5.74, 6) is 2.11. The van der Waals surface area contributed by atoms with E-state index in [-0.39, 0.29) is 6.10 Å². The number of aryl methyl sites for hydroxylation is 4. The molecule has 0 unspecified atom stereocenters. The van der Waals surface area contributed by atoms with Gasteiger partial charge < -0.3 is 10.1 Å². The molecule has 0 aliphatic rings. The van der Waals surface area contributed by atoms with Crippen LogP contribution in [0.25, 0.3) is 0 Å². The van der Waals surface area contributed by atoms with E-state index in [2.05, 4.69) is 62.0 Å². The SMILES string of the molecule is CCC(CC)Oc1cc(Nc2c(C)cc(C)cc2C)nc(C)n1. The lowest BCUT2D eigenvalue weighted by Gasteiger charge is -2.17. The first-order chi connectivity index (χ1) is 10.9. The summed E-state index contributed by atoms with van der Waals surface area (Å²) < 4.78 is 5.96. The molecule has 2 aromatic rings. The highest BCUT2D eigenvalue weighted by Crippen LogP contribution is 2.26. The third kappa shape index (κ3) is 4.44. The zero-order chi connectivity index (χ0) is 17.0. The molecule has 0 aliphatic heterocycles. The molecule has 124 valence electrons. The van der Waals surface area contributed by atoms with Gasteiger partial charge in [0.15, 0.2) is 0 Å². The van der Waals surface area contributed by atoms with Gasteiger partial charge in [-0.3, -0.25) is 0 Å². The van der Waals surface area contributed by atoms with E-state index in [1.807, 2.05) is 13.0 Å². The summed E-state index contributed by atoms with van der Waals surface area (Å²) in [5.41, 5.74) is 4.78. The summed E-state index contributed by atoms with van der Waals surface area (Å²) in [6, 6.07) is 6.22. The minimum Gasteiger partial charge on any atom is -0.474 e. The average Bonchev–Trinajstić information content (AvgIpc) is 2.48. The summed E-state index contributed by atoms with van der Waals surface area (Å²) in [7, 11) is 0. The molecule has 0 bridgehead atoms. The molecular formula is C19H27N3O. The van der Waals surface area contributed by atoms with Gasteiger partial charge in [-0.15, -0.1) is 0 Å². The van der Waals surface area contributed by atoms with Crippen molar-refractivity contribution in [3.05, 3.63) is 40.7 Å². The predicted octanol–water partition coefficient (Wildman–Crippen LogP) is 5.02. The van der Waals surface area contributed by atoms with Gasteiger partial charge in [-0.05, 0) is 51.7 Å². The minimum atomic E-state index is 0.194. The Labute approximate surface area is 139 Å². The fraction of sp³-hybridized carbons (Fsp3) is 0.474. The second kappa shape index (κ2) is 7.44. The molecule has 0 radical (unpaired) electrons. The summed E-state index contributed by atoms with van der Waals surface area (Å²) in [6.07, 6.45) is 2.14. The van der Waals surface area contributed by atoms with Crippen molar-refractivity contribution in [1.82, 2.24) is 9.97 Å². The Morgan fingerprint density at radius 2 is 1.57 bits per heavy atom. The Hall–Kier alpha value is -2.10. The fourth-order valence-corrected chi connectivity index (χ4v) is 2.80. The molecule has 1 aromatic carbocycles. The molecule has 0 spiro atoms. The Balaban J connectivity index is 2.29. The quantitative estimate of drug-likeness (QED) is 0.813. The van der Waals surface area contributed by atoms with Crippen LogP contribution in [0.1, 0.15) is 49.2 Å². The number of rotatable bonds is 6. The minimum absolute atomic E-state index is 0.194. The summed E-state index contributed by atoms with van der Waals surface area (Å²) in [6.45, 7) is 12.5. The number of anilines is 2. The third-order valence-corrected chi connectivity index (χ3v) is 3.94. The molecule has 0 saturated carbocycles. The monoisotopic (exact) mass is 313 g/mol. The first-order valence-electron chi connectivity index (χ1n) is 8.30. The van der Waals surface area contributed by atoms with Crippen molar-refractivity contribution in [2.24, 2.45) is 0 Å². The van der Waals surface area contributed by atoms with E-state index in [0.29, 0.717) is 11.7 Å². The van der Waals surface area contributed by atoms with Crippen molar-refractivity contribution in [2.45, 2.75) is 60.5 Å². The maximum absolute atomic E-state index is 5.96. The Kier molecular flexibility index (Phi) is 5.59. The maximum atomic E-state index is 5.96. The van der Waals surface area contributed by atoms with Crippen molar-refractivity contribution in [1.29, 1.82) is 0 Å². The van der Waals surface area contributed by atoms with Crippen LogP contribution in [-0.2, 0) is 0 Å².